The first-order chi connectivity index (χ1) is 12.9. The van der Waals surface area contributed by atoms with E-state index in [9.17, 15) is 9.59 Å². The zero-order chi connectivity index (χ0) is 20.0. The topological polar surface area (TPSA) is 87.5 Å². The fraction of sp³-hybridized carbons (Fsp3) is 0.833. The quantitative estimate of drug-likeness (QED) is 0.658. The molecule has 0 aromatic carbocycles. The lowest BCUT2D eigenvalue weighted by Gasteiger charge is -2.34. The number of amides is 2. The Kier molecular flexibility index (Phi) is 7.70. The monoisotopic (exact) mass is 379 g/mol. The van der Waals surface area contributed by atoms with E-state index >= 15 is 0 Å². The Morgan fingerprint density at radius 1 is 1.26 bits per heavy atom. The summed E-state index contributed by atoms with van der Waals surface area (Å²) in [5.41, 5.74) is 0. The van der Waals surface area contributed by atoms with Crippen LogP contribution in [0, 0.1) is 5.92 Å². The van der Waals surface area contributed by atoms with E-state index in [1.807, 2.05) is 25.8 Å². The molecule has 0 bridgehead atoms. The molecule has 1 aliphatic heterocycles. The van der Waals surface area contributed by atoms with Crippen molar-refractivity contribution in [1.29, 1.82) is 0 Å². The van der Waals surface area contributed by atoms with Crippen LogP contribution in [0.1, 0.15) is 46.4 Å². The molecular weight excluding hydrogens is 346 g/mol. The Morgan fingerprint density at radius 2 is 1.96 bits per heavy atom. The van der Waals surface area contributed by atoms with Crippen molar-refractivity contribution in [3.8, 4) is 0 Å². The van der Waals surface area contributed by atoms with Gasteiger partial charge in [-0.25, -0.2) is 4.68 Å². The number of aromatic nitrogens is 4. The summed E-state index contributed by atoms with van der Waals surface area (Å²) in [6.07, 6.45) is 1.69. The van der Waals surface area contributed by atoms with Crippen LogP contribution in [0.4, 0.5) is 0 Å². The van der Waals surface area contributed by atoms with Crippen LogP contribution in [0.3, 0.4) is 0 Å². The Morgan fingerprint density at radius 3 is 2.59 bits per heavy atom. The zero-order valence-electron chi connectivity index (χ0n) is 17.3. The molecule has 0 radical (unpaired) electrons. The van der Waals surface area contributed by atoms with Crippen molar-refractivity contribution in [3.63, 3.8) is 0 Å². The first-order valence-electron chi connectivity index (χ1n) is 9.89. The van der Waals surface area contributed by atoms with Crippen molar-refractivity contribution < 1.29 is 9.59 Å². The van der Waals surface area contributed by atoms with Crippen LogP contribution in [0.15, 0.2) is 0 Å². The SMILES string of the molecule is CCN(CC)C(=O)[C@H]1CCCN(C(=O)Cn2nnnc2CN(C)C(C)C)C1. The van der Waals surface area contributed by atoms with Crippen molar-refractivity contribution >= 4 is 11.8 Å². The second-order valence-electron chi connectivity index (χ2n) is 7.45. The van der Waals surface area contributed by atoms with Crippen LogP contribution in [0.25, 0.3) is 0 Å². The highest BCUT2D eigenvalue weighted by Crippen LogP contribution is 2.19. The van der Waals surface area contributed by atoms with E-state index in [0.29, 0.717) is 44.6 Å². The average Bonchev–Trinajstić information content (AvgIpc) is 3.09. The predicted molar refractivity (Wildman–Crippen MR) is 102 cm³/mol. The fourth-order valence-electron chi connectivity index (χ4n) is 3.29. The standard InChI is InChI=1S/C18H33N7O2/c1-6-23(7-2)18(27)15-9-8-10-24(11-15)17(26)13-25-16(19-20-21-25)12-22(5)14(3)4/h14-15H,6-13H2,1-5H3/t15-/m0/s1. The lowest BCUT2D eigenvalue weighted by molar-refractivity contribution is -0.141. The van der Waals surface area contributed by atoms with Crippen LogP contribution in [0.2, 0.25) is 0 Å². The molecule has 1 aromatic rings. The normalized spacial score (nSPS) is 17.6. The van der Waals surface area contributed by atoms with Gasteiger partial charge < -0.3 is 9.80 Å². The molecule has 0 spiro atoms. The van der Waals surface area contributed by atoms with E-state index in [1.54, 1.807) is 9.58 Å². The minimum Gasteiger partial charge on any atom is -0.343 e. The number of carbonyl (C=O) groups is 2. The molecule has 2 amide bonds. The van der Waals surface area contributed by atoms with Gasteiger partial charge >= 0.3 is 0 Å². The molecule has 1 atom stereocenters. The lowest BCUT2D eigenvalue weighted by atomic mass is 9.96. The van der Waals surface area contributed by atoms with Crippen molar-refractivity contribution in [2.45, 2.75) is 59.7 Å². The molecule has 2 heterocycles. The van der Waals surface area contributed by atoms with E-state index in [4.69, 9.17) is 0 Å². The molecule has 2 rings (SSSR count). The van der Waals surface area contributed by atoms with Gasteiger partial charge in [-0.15, -0.1) is 5.10 Å². The van der Waals surface area contributed by atoms with Crippen molar-refractivity contribution in [1.82, 2.24) is 34.9 Å². The molecule has 1 aromatic heterocycles. The third-order valence-corrected chi connectivity index (χ3v) is 5.36. The predicted octanol–water partition coefficient (Wildman–Crippen LogP) is 0.620. The second-order valence-corrected chi connectivity index (χ2v) is 7.45. The molecule has 1 aliphatic rings. The van der Waals surface area contributed by atoms with Crippen molar-refractivity contribution in [2.24, 2.45) is 5.92 Å². The summed E-state index contributed by atoms with van der Waals surface area (Å²) in [7, 11) is 2.00. The number of likely N-dealkylation sites (tertiary alicyclic amines) is 1. The highest BCUT2D eigenvalue weighted by atomic mass is 16.2. The summed E-state index contributed by atoms with van der Waals surface area (Å²) in [6.45, 7) is 11.4. The van der Waals surface area contributed by atoms with Crippen LogP contribution in [-0.2, 0) is 22.7 Å². The van der Waals surface area contributed by atoms with Gasteiger partial charge in [-0.1, -0.05) is 0 Å². The van der Waals surface area contributed by atoms with E-state index in [-0.39, 0.29) is 24.3 Å². The van der Waals surface area contributed by atoms with Gasteiger partial charge in [0.2, 0.25) is 11.8 Å². The van der Waals surface area contributed by atoms with Gasteiger partial charge in [-0.3, -0.25) is 14.5 Å². The van der Waals surface area contributed by atoms with Gasteiger partial charge in [0.25, 0.3) is 0 Å². The largest absolute Gasteiger partial charge is 0.343 e. The summed E-state index contributed by atoms with van der Waals surface area (Å²) in [4.78, 5) is 31.2. The average molecular weight is 380 g/mol. The molecule has 0 aliphatic carbocycles. The third kappa shape index (κ3) is 5.47. The van der Waals surface area contributed by atoms with E-state index < -0.39 is 0 Å². The van der Waals surface area contributed by atoms with Crippen LogP contribution < -0.4 is 0 Å². The van der Waals surface area contributed by atoms with Crippen molar-refractivity contribution in [3.05, 3.63) is 5.82 Å². The number of carbonyl (C=O) groups excluding carboxylic acids is 2. The molecule has 27 heavy (non-hydrogen) atoms. The van der Waals surface area contributed by atoms with Gasteiger partial charge in [0.1, 0.15) is 6.54 Å². The summed E-state index contributed by atoms with van der Waals surface area (Å²) >= 11 is 0. The summed E-state index contributed by atoms with van der Waals surface area (Å²) in [6, 6.07) is 0.361. The number of tetrazole rings is 1. The lowest BCUT2D eigenvalue weighted by Crippen LogP contribution is -2.47. The Hall–Kier alpha value is -2.03. The van der Waals surface area contributed by atoms with E-state index in [0.717, 1.165) is 12.8 Å². The van der Waals surface area contributed by atoms with Crippen molar-refractivity contribution in [2.75, 3.05) is 33.2 Å². The molecule has 9 nitrogen and oxygen atoms in total. The van der Waals surface area contributed by atoms with E-state index in [1.165, 1.54) is 0 Å². The molecular formula is C18H33N7O2. The molecule has 0 N–H and O–H groups in total. The number of hydrogen-bond donors (Lipinski definition) is 0. The Balaban J connectivity index is 1.98. The third-order valence-electron chi connectivity index (χ3n) is 5.36. The molecule has 9 heteroatoms. The maximum absolute atomic E-state index is 12.8. The summed E-state index contributed by atoms with van der Waals surface area (Å²) in [5.74, 6) is 0.683. The van der Waals surface area contributed by atoms with Gasteiger partial charge in [-0.2, -0.15) is 0 Å². The van der Waals surface area contributed by atoms with Crippen LogP contribution in [0.5, 0.6) is 0 Å². The smallest absolute Gasteiger partial charge is 0.244 e. The first kappa shape index (κ1) is 21.3. The second kappa shape index (κ2) is 9.77. The summed E-state index contributed by atoms with van der Waals surface area (Å²) in [5, 5.41) is 11.8. The van der Waals surface area contributed by atoms with Gasteiger partial charge in [0.05, 0.1) is 12.5 Å². The minimum absolute atomic E-state index is 0.0344. The molecule has 1 saturated heterocycles. The Labute approximate surface area is 161 Å². The zero-order valence-corrected chi connectivity index (χ0v) is 17.3. The van der Waals surface area contributed by atoms with Gasteiger partial charge in [-0.05, 0) is 58.0 Å². The highest BCUT2D eigenvalue weighted by Gasteiger charge is 2.30. The van der Waals surface area contributed by atoms with Gasteiger partial charge in [0.15, 0.2) is 5.82 Å². The highest BCUT2D eigenvalue weighted by molar-refractivity contribution is 5.81. The minimum atomic E-state index is -0.108. The fourth-order valence-corrected chi connectivity index (χ4v) is 3.29. The molecule has 152 valence electrons. The maximum atomic E-state index is 12.8. The van der Waals surface area contributed by atoms with Crippen LogP contribution in [-0.4, -0.2) is 86.0 Å². The number of piperidine rings is 1. The van der Waals surface area contributed by atoms with Crippen LogP contribution >= 0.6 is 0 Å². The number of hydrogen-bond acceptors (Lipinski definition) is 6. The molecule has 0 unspecified atom stereocenters. The number of rotatable bonds is 8. The maximum Gasteiger partial charge on any atom is 0.244 e. The first-order valence-corrected chi connectivity index (χ1v) is 9.89. The van der Waals surface area contributed by atoms with Gasteiger partial charge in [0, 0.05) is 32.2 Å². The molecule has 0 saturated carbocycles. The van der Waals surface area contributed by atoms with E-state index in [2.05, 4.69) is 34.3 Å². The number of nitrogens with zero attached hydrogens (tertiary/aromatic N) is 7. The Bertz CT molecular complexity index is 627. The molecule has 1 fully saturated rings. The summed E-state index contributed by atoms with van der Waals surface area (Å²) < 4.78 is 1.57.